The van der Waals surface area contributed by atoms with E-state index < -0.39 is 5.60 Å². The van der Waals surface area contributed by atoms with Crippen molar-refractivity contribution >= 4 is 0 Å². The van der Waals surface area contributed by atoms with Crippen LogP contribution in [0.1, 0.15) is 6.92 Å². The van der Waals surface area contributed by atoms with Gasteiger partial charge in [-0.25, -0.2) is 0 Å². The van der Waals surface area contributed by atoms with Crippen LogP contribution in [-0.4, -0.2) is 50.2 Å². The third-order valence-corrected chi connectivity index (χ3v) is 1.82. The molecule has 0 bridgehead atoms. The summed E-state index contributed by atoms with van der Waals surface area (Å²) in [6.07, 6.45) is 0. The molecule has 0 aliphatic carbocycles. The van der Waals surface area contributed by atoms with E-state index in [0.717, 1.165) is 6.54 Å². The lowest BCUT2D eigenvalue weighted by Gasteiger charge is -2.24. The Kier molecular flexibility index (Phi) is 3.94. The Morgan fingerprint density at radius 3 is 2.42 bits per heavy atom. The third-order valence-electron chi connectivity index (χ3n) is 1.82. The third kappa shape index (κ3) is 3.06. The molecule has 1 fully saturated rings. The molecule has 0 atom stereocenters. The first-order chi connectivity index (χ1) is 5.77. The molecule has 0 saturated carbocycles. The minimum absolute atomic E-state index is 0.361. The van der Waals surface area contributed by atoms with Gasteiger partial charge < -0.3 is 19.9 Å². The van der Waals surface area contributed by atoms with Crippen LogP contribution in [0, 0.1) is 0 Å². The molecule has 0 unspecified atom stereocenters. The first kappa shape index (κ1) is 9.92. The zero-order valence-electron chi connectivity index (χ0n) is 7.51. The minimum atomic E-state index is -0.841. The first-order valence-electron chi connectivity index (χ1n) is 4.35. The number of rotatable bonds is 3. The Labute approximate surface area is 72.9 Å². The van der Waals surface area contributed by atoms with Gasteiger partial charge in [0.1, 0.15) is 5.60 Å². The molecule has 0 radical (unpaired) electrons. The van der Waals surface area contributed by atoms with E-state index in [9.17, 15) is 5.11 Å². The van der Waals surface area contributed by atoms with Crippen molar-refractivity contribution in [2.24, 2.45) is 0 Å². The molecule has 1 aliphatic rings. The van der Waals surface area contributed by atoms with Crippen molar-refractivity contribution in [3.8, 4) is 0 Å². The van der Waals surface area contributed by atoms with Crippen molar-refractivity contribution in [2.75, 3.05) is 39.5 Å². The van der Waals surface area contributed by atoms with Gasteiger partial charge in [0, 0.05) is 6.54 Å². The van der Waals surface area contributed by atoms with E-state index in [1.165, 1.54) is 0 Å². The van der Waals surface area contributed by atoms with E-state index in [2.05, 4.69) is 5.32 Å². The molecule has 1 saturated heterocycles. The molecular formula is C8H17NO3. The molecule has 0 amide bonds. The van der Waals surface area contributed by atoms with Crippen molar-refractivity contribution in [3.05, 3.63) is 0 Å². The standard InChI is InChI=1S/C8H17NO3/c1-2-9-5-8(10)6-11-3-4-12-7-8/h9-10H,2-7H2,1H3. The van der Waals surface area contributed by atoms with Gasteiger partial charge in [0.2, 0.25) is 0 Å². The predicted octanol–water partition coefficient (Wildman–Crippen LogP) is -0.626. The van der Waals surface area contributed by atoms with Gasteiger partial charge in [0.15, 0.2) is 0 Å². The van der Waals surface area contributed by atoms with Crippen molar-refractivity contribution in [2.45, 2.75) is 12.5 Å². The van der Waals surface area contributed by atoms with E-state index >= 15 is 0 Å². The fourth-order valence-electron chi connectivity index (χ4n) is 1.14. The van der Waals surface area contributed by atoms with E-state index in [4.69, 9.17) is 9.47 Å². The number of hydrogen-bond acceptors (Lipinski definition) is 4. The van der Waals surface area contributed by atoms with Crippen LogP contribution in [0.25, 0.3) is 0 Å². The Morgan fingerprint density at radius 1 is 1.33 bits per heavy atom. The second-order valence-corrected chi connectivity index (χ2v) is 3.11. The van der Waals surface area contributed by atoms with E-state index in [1.807, 2.05) is 6.92 Å². The molecule has 4 nitrogen and oxygen atoms in total. The SMILES string of the molecule is CCNCC1(O)COCCOC1. The Morgan fingerprint density at radius 2 is 1.92 bits per heavy atom. The summed E-state index contributed by atoms with van der Waals surface area (Å²) in [5.41, 5.74) is -0.841. The number of hydrogen-bond donors (Lipinski definition) is 2. The molecule has 0 aromatic rings. The fraction of sp³-hybridized carbons (Fsp3) is 1.00. The average molecular weight is 175 g/mol. The maximum atomic E-state index is 9.87. The van der Waals surface area contributed by atoms with Crippen LogP contribution in [0.5, 0.6) is 0 Å². The van der Waals surface area contributed by atoms with Crippen LogP contribution in [0.15, 0.2) is 0 Å². The van der Waals surface area contributed by atoms with Crippen molar-refractivity contribution in [1.82, 2.24) is 5.32 Å². The topological polar surface area (TPSA) is 50.7 Å². The Bertz CT molecular complexity index is 121. The summed E-state index contributed by atoms with van der Waals surface area (Å²) in [4.78, 5) is 0. The summed E-state index contributed by atoms with van der Waals surface area (Å²) in [6.45, 7) is 5.26. The molecule has 4 heteroatoms. The van der Waals surface area contributed by atoms with Gasteiger partial charge in [-0.2, -0.15) is 0 Å². The molecule has 1 aliphatic heterocycles. The van der Waals surface area contributed by atoms with Crippen molar-refractivity contribution in [1.29, 1.82) is 0 Å². The highest BCUT2D eigenvalue weighted by Gasteiger charge is 2.28. The highest BCUT2D eigenvalue weighted by Crippen LogP contribution is 2.08. The van der Waals surface area contributed by atoms with Gasteiger partial charge >= 0.3 is 0 Å². The average Bonchev–Trinajstić information content (AvgIpc) is 2.27. The van der Waals surface area contributed by atoms with Gasteiger partial charge in [-0.3, -0.25) is 0 Å². The van der Waals surface area contributed by atoms with Crippen LogP contribution in [0.4, 0.5) is 0 Å². The van der Waals surface area contributed by atoms with Gasteiger partial charge in [-0.05, 0) is 6.54 Å². The second kappa shape index (κ2) is 4.77. The summed E-state index contributed by atoms with van der Waals surface area (Å²) >= 11 is 0. The predicted molar refractivity (Wildman–Crippen MR) is 45.1 cm³/mol. The highest BCUT2D eigenvalue weighted by atomic mass is 16.6. The second-order valence-electron chi connectivity index (χ2n) is 3.11. The summed E-state index contributed by atoms with van der Waals surface area (Å²) in [7, 11) is 0. The monoisotopic (exact) mass is 175 g/mol. The number of nitrogens with one attached hydrogen (secondary N) is 1. The molecule has 12 heavy (non-hydrogen) atoms. The Balaban J connectivity index is 2.32. The molecule has 0 aromatic heterocycles. The van der Waals surface area contributed by atoms with Crippen LogP contribution in [0.2, 0.25) is 0 Å². The molecule has 0 aromatic carbocycles. The summed E-state index contributed by atoms with van der Waals surface area (Å²) in [5.74, 6) is 0. The molecule has 2 N–H and O–H groups in total. The zero-order valence-corrected chi connectivity index (χ0v) is 7.51. The van der Waals surface area contributed by atoms with Crippen LogP contribution in [0.3, 0.4) is 0 Å². The molecular weight excluding hydrogens is 158 g/mol. The highest BCUT2D eigenvalue weighted by molar-refractivity contribution is 4.81. The summed E-state index contributed by atoms with van der Waals surface area (Å²) < 4.78 is 10.4. The number of likely N-dealkylation sites (N-methyl/N-ethyl adjacent to an activating group) is 1. The summed E-state index contributed by atoms with van der Waals surface area (Å²) in [6, 6.07) is 0. The van der Waals surface area contributed by atoms with Crippen molar-refractivity contribution < 1.29 is 14.6 Å². The Hall–Kier alpha value is -0.160. The fourth-order valence-corrected chi connectivity index (χ4v) is 1.14. The lowest BCUT2D eigenvalue weighted by atomic mass is 10.1. The molecule has 1 heterocycles. The lowest BCUT2D eigenvalue weighted by molar-refractivity contribution is -0.0526. The van der Waals surface area contributed by atoms with Crippen LogP contribution < -0.4 is 5.32 Å². The smallest absolute Gasteiger partial charge is 0.123 e. The van der Waals surface area contributed by atoms with E-state index in [0.29, 0.717) is 33.0 Å². The normalized spacial score (nSPS) is 23.5. The molecule has 72 valence electrons. The van der Waals surface area contributed by atoms with Gasteiger partial charge in [-0.1, -0.05) is 6.92 Å². The van der Waals surface area contributed by atoms with Crippen LogP contribution in [-0.2, 0) is 9.47 Å². The summed E-state index contributed by atoms with van der Waals surface area (Å²) in [5, 5.41) is 12.9. The number of ether oxygens (including phenoxy) is 2. The van der Waals surface area contributed by atoms with Gasteiger partial charge in [0.25, 0.3) is 0 Å². The molecule has 0 spiro atoms. The zero-order chi connectivity index (χ0) is 8.86. The largest absolute Gasteiger partial charge is 0.384 e. The van der Waals surface area contributed by atoms with Gasteiger partial charge in [0.05, 0.1) is 26.4 Å². The lowest BCUT2D eigenvalue weighted by Crippen LogP contribution is -2.47. The quantitative estimate of drug-likeness (QED) is 0.600. The van der Waals surface area contributed by atoms with E-state index in [1.54, 1.807) is 0 Å². The van der Waals surface area contributed by atoms with Gasteiger partial charge in [-0.15, -0.1) is 0 Å². The number of aliphatic hydroxyl groups is 1. The minimum Gasteiger partial charge on any atom is -0.384 e. The van der Waals surface area contributed by atoms with E-state index in [-0.39, 0.29) is 0 Å². The van der Waals surface area contributed by atoms with Crippen LogP contribution >= 0.6 is 0 Å². The molecule has 1 rings (SSSR count). The maximum absolute atomic E-state index is 9.87. The maximum Gasteiger partial charge on any atom is 0.123 e. The van der Waals surface area contributed by atoms with Crippen molar-refractivity contribution in [3.63, 3.8) is 0 Å². The first-order valence-corrected chi connectivity index (χ1v) is 4.35.